The van der Waals surface area contributed by atoms with Crippen molar-refractivity contribution >= 4 is 34.1 Å². The monoisotopic (exact) mass is 329 g/mol. The minimum Gasteiger partial charge on any atom is -0.285 e. The Bertz CT molecular complexity index is 731. The molecular weight excluding hydrogens is 314 g/mol. The molecule has 4 nitrogen and oxygen atoms in total. The smallest absolute Gasteiger partial charge is 0.225 e. The van der Waals surface area contributed by atoms with Gasteiger partial charge in [-0.05, 0) is 25.0 Å². The summed E-state index contributed by atoms with van der Waals surface area (Å²) in [4.78, 5) is 19.1. The van der Waals surface area contributed by atoms with E-state index in [1.54, 1.807) is 18.7 Å². The first-order valence-electron chi connectivity index (χ1n) is 7.05. The Balaban J connectivity index is 1.69. The van der Waals surface area contributed by atoms with Crippen LogP contribution in [0.15, 0.2) is 34.5 Å². The highest BCUT2D eigenvalue weighted by Crippen LogP contribution is 2.34. The molecule has 22 heavy (non-hydrogen) atoms. The van der Waals surface area contributed by atoms with Crippen molar-refractivity contribution in [1.82, 2.24) is 4.98 Å². The number of anilines is 1. The van der Waals surface area contributed by atoms with Crippen molar-refractivity contribution in [3.63, 3.8) is 0 Å². The molecule has 0 N–H and O–H groups in total. The van der Waals surface area contributed by atoms with Gasteiger partial charge in [-0.1, -0.05) is 12.1 Å². The van der Waals surface area contributed by atoms with Gasteiger partial charge in [0.25, 0.3) is 0 Å². The zero-order valence-corrected chi connectivity index (χ0v) is 13.8. The minimum atomic E-state index is 0.0610. The van der Waals surface area contributed by atoms with Crippen molar-refractivity contribution in [1.29, 1.82) is 5.26 Å². The van der Waals surface area contributed by atoms with Crippen molar-refractivity contribution in [2.24, 2.45) is 0 Å². The lowest BCUT2D eigenvalue weighted by Crippen LogP contribution is -2.30. The number of nitriles is 1. The van der Waals surface area contributed by atoms with Crippen LogP contribution in [0.2, 0.25) is 0 Å². The topological polar surface area (TPSA) is 57.0 Å². The third kappa shape index (κ3) is 3.32. The molecular formula is C16H15N3OS2. The van der Waals surface area contributed by atoms with Crippen LogP contribution in [0.4, 0.5) is 5.13 Å². The van der Waals surface area contributed by atoms with Crippen LogP contribution in [0.25, 0.3) is 0 Å². The van der Waals surface area contributed by atoms with Gasteiger partial charge in [0.1, 0.15) is 6.07 Å². The van der Waals surface area contributed by atoms with Gasteiger partial charge in [0.2, 0.25) is 5.91 Å². The number of amides is 1. The first-order valence-corrected chi connectivity index (χ1v) is 8.91. The Morgan fingerprint density at radius 1 is 1.50 bits per heavy atom. The molecule has 0 spiro atoms. The molecule has 112 valence electrons. The van der Waals surface area contributed by atoms with Crippen LogP contribution in [-0.2, 0) is 10.5 Å². The fourth-order valence-electron chi connectivity index (χ4n) is 2.19. The second kappa shape index (κ2) is 6.51. The largest absolute Gasteiger partial charge is 0.285 e. The Kier molecular flexibility index (Phi) is 4.46. The van der Waals surface area contributed by atoms with Gasteiger partial charge in [-0.25, -0.2) is 4.98 Å². The van der Waals surface area contributed by atoms with E-state index in [1.165, 1.54) is 11.3 Å². The van der Waals surface area contributed by atoms with Gasteiger partial charge in [-0.3, -0.25) is 9.69 Å². The number of aromatic nitrogens is 1. The number of nitrogens with zero attached hydrogens (tertiary/aromatic N) is 3. The molecule has 2 aromatic rings. The van der Waals surface area contributed by atoms with E-state index >= 15 is 0 Å². The molecule has 1 heterocycles. The number of hydrogen-bond donors (Lipinski definition) is 0. The second-order valence-electron chi connectivity index (χ2n) is 5.14. The van der Waals surface area contributed by atoms with Gasteiger partial charge in [-0.2, -0.15) is 5.26 Å². The molecule has 1 fully saturated rings. The number of rotatable bonds is 5. The van der Waals surface area contributed by atoms with Gasteiger partial charge in [0.05, 0.1) is 11.3 Å². The summed E-state index contributed by atoms with van der Waals surface area (Å²) in [5.41, 5.74) is 1.64. The molecule has 0 atom stereocenters. The highest BCUT2D eigenvalue weighted by Gasteiger charge is 2.33. The molecule has 1 saturated carbocycles. The molecule has 1 aliphatic rings. The number of benzene rings is 1. The van der Waals surface area contributed by atoms with E-state index in [1.807, 2.05) is 34.5 Å². The maximum Gasteiger partial charge on any atom is 0.225 e. The molecule has 0 radical (unpaired) electrons. The summed E-state index contributed by atoms with van der Waals surface area (Å²) < 4.78 is 0. The zero-order chi connectivity index (χ0) is 15.5. The van der Waals surface area contributed by atoms with E-state index in [2.05, 4.69) is 11.1 Å². The Hall–Kier alpha value is -1.84. The predicted molar refractivity (Wildman–Crippen MR) is 89.0 cm³/mol. The van der Waals surface area contributed by atoms with Crippen LogP contribution in [0, 0.1) is 11.3 Å². The van der Waals surface area contributed by atoms with Crippen molar-refractivity contribution in [3.05, 3.63) is 40.9 Å². The highest BCUT2D eigenvalue weighted by molar-refractivity contribution is 7.98. The molecule has 1 aromatic carbocycles. The van der Waals surface area contributed by atoms with Crippen LogP contribution in [0.3, 0.4) is 0 Å². The summed E-state index contributed by atoms with van der Waals surface area (Å²) in [6.45, 7) is 1.59. The predicted octanol–water partition coefficient (Wildman–Crippen LogP) is 3.82. The third-order valence-electron chi connectivity index (χ3n) is 3.38. The molecule has 1 aromatic heterocycles. The standard InChI is InChI=1S/C16H15N3OS2/c1-11(20)19(14-6-7-14)16-18-13(10-22-16)9-21-15-5-3-2-4-12(15)8-17/h2-5,10,14H,6-7,9H2,1H3. The van der Waals surface area contributed by atoms with E-state index in [9.17, 15) is 4.79 Å². The quantitative estimate of drug-likeness (QED) is 0.783. The summed E-state index contributed by atoms with van der Waals surface area (Å²) in [7, 11) is 0. The van der Waals surface area contributed by atoms with Gasteiger partial charge in [-0.15, -0.1) is 23.1 Å². The lowest BCUT2D eigenvalue weighted by Gasteiger charge is -2.16. The van der Waals surface area contributed by atoms with Crippen LogP contribution in [0.1, 0.15) is 31.0 Å². The average molecular weight is 329 g/mol. The number of carbonyl (C=O) groups is 1. The molecule has 0 aliphatic heterocycles. The summed E-state index contributed by atoms with van der Waals surface area (Å²) in [6, 6.07) is 10.1. The highest BCUT2D eigenvalue weighted by atomic mass is 32.2. The van der Waals surface area contributed by atoms with Crippen LogP contribution < -0.4 is 4.90 Å². The first kappa shape index (κ1) is 15.1. The molecule has 0 unspecified atom stereocenters. The van der Waals surface area contributed by atoms with E-state index in [0.717, 1.165) is 28.6 Å². The van der Waals surface area contributed by atoms with E-state index in [0.29, 0.717) is 17.4 Å². The summed E-state index contributed by atoms with van der Waals surface area (Å²) in [6.07, 6.45) is 2.14. The summed E-state index contributed by atoms with van der Waals surface area (Å²) in [5.74, 6) is 0.761. The zero-order valence-electron chi connectivity index (χ0n) is 12.2. The molecule has 3 rings (SSSR count). The normalized spacial score (nSPS) is 13.6. The van der Waals surface area contributed by atoms with E-state index in [-0.39, 0.29) is 5.91 Å². The number of hydrogen-bond acceptors (Lipinski definition) is 5. The summed E-state index contributed by atoms with van der Waals surface area (Å²) in [5, 5.41) is 11.9. The molecule has 0 bridgehead atoms. The second-order valence-corrected chi connectivity index (χ2v) is 6.99. The lowest BCUT2D eigenvalue weighted by atomic mass is 10.2. The number of thioether (sulfide) groups is 1. The Morgan fingerprint density at radius 2 is 2.27 bits per heavy atom. The van der Waals surface area contributed by atoms with Crippen molar-refractivity contribution in [2.45, 2.75) is 36.5 Å². The first-order chi connectivity index (χ1) is 10.7. The number of thiazole rings is 1. The fraction of sp³-hybridized carbons (Fsp3) is 0.312. The SMILES string of the molecule is CC(=O)N(c1nc(CSc2ccccc2C#N)cs1)C1CC1. The number of carbonyl (C=O) groups excluding carboxylic acids is 1. The van der Waals surface area contributed by atoms with Gasteiger partial charge < -0.3 is 0 Å². The fourth-order valence-corrected chi connectivity index (χ4v) is 4.13. The van der Waals surface area contributed by atoms with Crippen molar-refractivity contribution in [3.8, 4) is 6.07 Å². The summed E-state index contributed by atoms with van der Waals surface area (Å²) >= 11 is 3.12. The molecule has 6 heteroatoms. The maximum absolute atomic E-state index is 11.7. The van der Waals surface area contributed by atoms with Crippen LogP contribution in [-0.4, -0.2) is 16.9 Å². The van der Waals surface area contributed by atoms with Crippen LogP contribution in [0.5, 0.6) is 0 Å². The maximum atomic E-state index is 11.7. The van der Waals surface area contributed by atoms with Crippen molar-refractivity contribution in [2.75, 3.05) is 4.90 Å². The molecule has 1 aliphatic carbocycles. The van der Waals surface area contributed by atoms with Gasteiger partial charge in [0, 0.05) is 29.0 Å². The Morgan fingerprint density at radius 3 is 2.95 bits per heavy atom. The van der Waals surface area contributed by atoms with Crippen molar-refractivity contribution < 1.29 is 4.79 Å². The molecule has 1 amide bonds. The van der Waals surface area contributed by atoms with E-state index < -0.39 is 0 Å². The third-order valence-corrected chi connectivity index (χ3v) is 5.38. The van der Waals surface area contributed by atoms with Gasteiger partial charge in [0.15, 0.2) is 5.13 Å². The average Bonchev–Trinajstić information content (AvgIpc) is 3.23. The van der Waals surface area contributed by atoms with Gasteiger partial charge >= 0.3 is 0 Å². The van der Waals surface area contributed by atoms with E-state index in [4.69, 9.17) is 5.26 Å². The van der Waals surface area contributed by atoms with Crippen LogP contribution >= 0.6 is 23.1 Å². The lowest BCUT2D eigenvalue weighted by molar-refractivity contribution is -0.116. The molecule has 0 saturated heterocycles. The Labute approximate surface area is 137 Å². The minimum absolute atomic E-state index is 0.0610.